The molecule has 0 radical (unpaired) electrons. The third-order valence-corrected chi connectivity index (χ3v) is 7.84. The molecule has 1 amide bonds. The number of rotatable bonds is 8. The van der Waals surface area contributed by atoms with Crippen molar-refractivity contribution in [2.45, 2.75) is 23.8 Å². The van der Waals surface area contributed by atoms with E-state index in [9.17, 15) is 24.5 Å². The normalized spacial score (nSPS) is 17.9. The van der Waals surface area contributed by atoms with Gasteiger partial charge in [-0.2, -0.15) is 0 Å². The first kappa shape index (κ1) is 24.9. The average molecular weight is 516 g/mol. The van der Waals surface area contributed by atoms with E-state index >= 15 is 0 Å². The molecule has 1 fully saturated rings. The van der Waals surface area contributed by atoms with Gasteiger partial charge in [0, 0.05) is 11.3 Å². The second-order valence-electron chi connectivity index (χ2n) is 8.96. The summed E-state index contributed by atoms with van der Waals surface area (Å²) >= 11 is 1.44. The SMILES string of the molecule is O=C1C(SCCC(O)c2ccc(F)cc2)C(c2ccc(-c3cccc(O)c3)cc2O)N1c1ccccc1. The number of nitrogens with zero attached hydrogens (tertiary/aromatic N) is 1. The number of halogens is 1. The highest BCUT2D eigenvalue weighted by molar-refractivity contribution is 8.00. The number of benzene rings is 4. The lowest BCUT2D eigenvalue weighted by Gasteiger charge is -2.47. The molecule has 1 aliphatic heterocycles. The maximum atomic E-state index is 13.3. The first-order chi connectivity index (χ1) is 17.9. The average Bonchev–Trinajstić information content (AvgIpc) is 2.90. The lowest BCUT2D eigenvalue weighted by Crippen LogP contribution is -2.57. The Hall–Kier alpha value is -3.81. The molecule has 1 saturated heterocycles. The molecule has 0 saturated carbocycles. The van der Waals surface area contributed by atoms with Crippen LogP contribution in [0.2, 0.25) is 0 Å². The number of aliphatic hydroxyl groups is 1. The minimum Gasteiger partial charge on any atom is -0.508 e. The highest BCUT2D eigenvalue weighted by atomic mass is 32.2. The van der Waals surface area contributed by atoms with E-state index in [-0.39, 0.29) is 29.3 Å². The molecule has 188 valence electrons. The summed E-state index contributed by atoms with van der Waals surface area (Å²) in [6, 6.07) is 26.9. The first-order valence-corrected chi connectivity index (χ1v) is 13.0. The minimum absolute atomic E-state index is 0.0612. The van der Waals surface area contributed by atoms with E-state index in [1.54, 1.807) is 41.3 Å². The topological polar surface area (TPSA) is 81.0 Å². The van der Waals surface area contributed by atoms with Crippen LogP contribution >= 0.6 is 11.8 Å². The molecule has 3 atom stereocenters. The van der Waals surface area contributed by atoms with Crippen LogP contribution in [0.3, 0.4) is 0 Å². The summed E-state index contributed by atoms with van der Waals surface area (Å²) in [7, 11) is 0. The number of thioether (sulfide) groups is 1. The summed E-state index contributed by atoms with van der Waals surface area (Å²) in [4.78, 5) is 14.9. The fourth-order valence-electron chi connectivity index (χ4n) is 4.62. The van der Waals surface area contributed by atoms with E-state index in [0.717, 1.165) is 16.8 Å². The van der Waals surface area contributed by atoms with Crippen molar-refractivity contribution in [1.29, 1.82) is 0 Å². The van der Waals surface area contributed by atoms with E-state index in [2.05, 4.69) is 0 Å². The van der Waals surface area contributed by atoms with Crippen molar-refractivity contribution >= 4 is 23.4 Å². The van der Waals surface area contributed by atoms with Crippen molar-refractivity contribution in [3.05, 3.63) is 114 Å². The summed E-state index contributed by atoms with van der Waals surface area (Å²) in [5.74, 6) is 0.297. The van der Waals surface area contributed by atoms with Gasteiger partial charge in [-0.1, -0.05) is 54.6 Å². The highest BCUT2D eigenvalue weighted by Crippen LogP contribution is 2.48. The predicted molar refractivity (Wildman–Crippen MR) is 144 cm³/mol. The Balaban J connectivity index is 1.37. The van der Waals surface area contributed by atoms with Crippen molar-refractivity contribution in [3.63, 3.8) is 0 Å². The number of β-lactam (4-membered cyclic amide) rings is 1. The van der Waals surface area contributed by atoms with Gasteiger partial charge < -0.3 is 20.2 Å². The summed E-state index contributed by atoms with van der Waals surface area (Å²) in [6.45, 7) is 0. The van der Waals surface area contributed by atoms with Crippen LogP contribution in [0.15, 0.2) is 97.1 Å². The van der Waals surface area contributed by atoms with Gasteiger partial charge in [0.1, 0.15) is 22.6 Å². The standard InChI is InChI=1S/C30H26FNO4S/c31-22-12-9-19(10-13-22)26(34)15-16-37-29-28(32(30(29)36)23-6-2-1-3-7-23)25-14-11-21(18-27(25)35)20-5-4-8-24(33)17-20/h1-14,17-18,26,28-29,33-35H,15-16H2. The Kier molecular flexibility index (Phi) is 7.17. The van der Waals surface area contributed by atoms with Crippen LogP contribution in [-0.4, -0.2) is 32.2 Å². The Bertz CT molecular complexity index is 1400. The van der Waals surface area contributed by atoms with Gasteiger partial charge in [-0.15, -0.1) is 11.8 Å². The lowest BCUT2D eigenvalue weighted by atomic mass is 9.90. The number of aliphatic hydroxyl groups excluding tert-OH is 1. The van der Waals surface area contributed by atoms with E-state index in [1.165, 1.54) is 23.9 Å². The fraction of sp³-hybridized carbons (Fsp3) is 0.167. The maximum absolute atomic E-state index is 13.3. The van der Waals surface area contributed by atoms with E-state index in [0.29, 0.717) is 23.3 Å². The zero-order valence-corrected chi connectivity index (χ0v) is 20.7. The molecular weight excluding hydrogens is 489 g/mol. The molecule has 7 heteroatoms. The van der Waals surface area contributed by atoms with Gasteiger partial charge in [0.15, 0.2) is 0 Å². The molecule has 0 aliphatic carbocycles. The zero-order valence-electron chi connectivity index (χ0n) is 19.9. The van der Waals surface area contributed by atoms with Crippen LogP contribution in [0.5, 0.6) is 11.5 Å². The number of hydrogen-bond donors (Lipinski definition) is 3. The molecule has 3 N–H and O–H groups in total. The Morgan fingerprint density at radius 2 is 1.59 bits per heavy atom. The number of phenolic OH excluding ortho intramolecular Hbond substituents is 2. The smallest absolute Gasteiger partial charge is 0.243 e. The summed E-state index contributed by atoms with van der Waals surface area (Å²) in [6.07, 6.45) is -0.359. The van der Waals surface area contributed by atoms with Gasteiger partial charge in [0.2, 0.25) is 5.91 Å². The van der Waals surface area contributed by atoms with E-state index < -0.39 is 11.4 Å². The molecule has 4 aromatic rings. The Morgan fingerprint density at radius 3 is 2.30 bits per heavy atom. The van der Waals surface area contributed by atoms with Gasteiger partial charge in [0.05, 0.1) is 12.1 Å². The fourth-order valence-corrected chi connectivity index (χ4v) is 5.94. The first-order valence-electron chi connectivity index (χ1n) is 12.0. The van der Waals surface area contributed by atoms with Crippen molar-refractivity contribution in [1.82, 2.24) is 0 Å². The molecule has 37 heavy (non-hydrogen) atoms. The number of carbonyl (C=O) groups excluding carboxylic acids is 1. The molecule has 0 aromatic heterocycles. The number of hydrogen-bond acceptors (Lipinski definition) is 5. The largest absolute Gasteiger partial charge is 0.508 e. The molecule has 4 aromatic carbocycles. The highest BCUT2D eigenvalue weighted by Gasteiger charge is 2.50. The second kappa shape index (κ2) is 10.7. The monoisotopic (exact) mass is 515 g/mol. The van der Waals surface area contributed by atoms with Crippen LogP contribution < -0.4 is 4.90 Å². The van der Waals surface area contributed by atoms with Gasteiger partial charge in [0.25, 0.3) is 0 Å². The van der Waals surface area contributed by atoms with Crippen LogP contribution in [0.25, 0.3) is 11.1 Å². The van der Waals surface area contributed by atoms with Crippen LogP contribution in [0.1, 0.15) is 29.7 Å². The van der Waals surface area contributed by atoms with Crippen LogP contribution in [0, 0.1) is 5.82 Å². The third-order valence-electron chi connectivity index (χ3n) is 6.55. The molecule has 5 nitrogen and oxygen atoms in total. The van der Waals surface area contributed by atoms with Gasteiger partial charge >= 0.3 is 0 Å². The number of amides is 1. The van der Waals surface area contributed by atoms with Crippen molar-refractivity contribution < 1.29 is 24.5 Å². The lowest BCUT2D eigenvalue weighted by molar-refractivity contribution is -0.123. The summed E-state index contributed by atoms with van der Waals surface area (Å²) < 4.78 is 13.2. The van der Waals surface area contributed by atoms with Crippen molar-refractivity contribution in [2.24, 2.45) is 0 Å². The zero-order chi connectivity index (χ0) is 25.9. The second-order valence-corrected chi connectivity index (χ2v) is 10.2. The molecule has 3 unspecified atom stereocenters. The summed E-state index contributed by atoms with van der Waals surface area (Å²) in [5.41, 5.74) is 3.53. The molecule has 1 heterocycles. The number of anilines is 1. The quantitative estimate of drug-likeness (QED) is 0.243. The number of phenols is 2. The number of aromatic hydroxyl groups is 2. The number of para-hydroxylation sites is 1. The van der Waals surface area contributed by atoms with Crippen molar-refractivity contribution in [2.75, 3.05) is 10.7 Å². The Labute approximate surface area is 218 Å². The van der Waals surface area contributed by atoms with E-state index in [4.69, 9.17) is 0 Å². The van der Waals surface area contributed by atoms with E-state index in [1.807, 2.05) is 48.5 Å². The summed E-state index contributed by atoms with van der Waals surface area (Å²) in [5, 5.41) is 30.9. The van der Waals surface area contributed by atoms with Crippen LogP contribution in [0.4, 0.5) is 10.1 Å². The molecular formula is C30H26FNO4S. The Morgan fingerprint density at radius 1 is 0.865 bits per heavy atom. The molecule has 5 rings (SSSR count). The van der Waals surface area contributed by atoms with Gasteiger partial charge in [-0.25, -0.2) is 4.39 Å². The van der Waals surface area contributed by atoms with Crippen LogP contribution in [-0.2, 0) is 4.79 Å². The third kappa shape index (κ3) is 5.19. The molecule has 0 bridgehead atoms. The molecule has 0 spiro atoms. The minimum atomic E-state index is -0.762. The number of carbonyl (C=O) groups is 1. The molecule has 1 aliphatic rings. The van der Waals surface area contributed by atoms with Gasteiger partial charge in [-0.05, 0) is 71.3 Å². The predicted octanol–water partition coefficient (Wildman–Crippen LogP) is 6.22. The van der Waals surface area contributed by atoms with Gasteiger partial charge in [-0.3, -0.25) is 4.79 Å². The maximum Gasteiger partial charge on any atom is 0.243 e. The van der Waals surface area contributed by atoms with Crippen molar-refractivity contribution in [3.8, 4) is 22.6 Å².